The third-order valence-corrected chi connectivity index (χ3v) is 3.36. The summed E-state index contributed by atoms with van der Waals surface area (Å²) in [6.07, 6.45) is 0.427. The number of hydrogen-bond donors (Lipinski definition) is 2. The van der Waals surface area contributed by atoms with Gasteiger partial charge in [-0.15, -0.1) is 0 Å². The number of benzene rings is 2. The molecule has 0 aliphatic heterocycles. The van der Waals surface area contributed by atoms with Crippen molar-refractivity contribution >= 4 is 5.91 Å². The number of aryl methyl sites for hydroxylation is 1. The molecule has 110 valence electrons. The number of carbonyl (C=O) groups excluding carboxylic acids is 1. The molecule has 0 saturated heterocycles. The van der Waals surface area contributed by atoms with E-state index < -0.39 is 0 Å². The molecule has 0 aliphatic rings. The molecule has 1 atom stereocenters. The zero-order valence-corrected chi connectivity index (χ0v) is 11.8. The van der Waals surface area contributed by atoms with Crippen molar-refractivity contribution in [2.75, 3.05) is 6.61 Å². The number of halogens is 1. The zero-order chi connectivity index (χ0) is 15.2. The lowest BCUT2D eigenvalue weighted by molar-refractivity contribution is 0.0929. The van der Waals surface area contributed by atoms with Gasteiger partial charge in [0.05, 0.1) is 6.04 Å². The molecule has 1 unspecified atom stereocenters. The first kappa shape index (κ1) is 15.2. The van der Waals surface area contributed by atoms with Gasteiger partial charge in [-0.25, -0.2) is 4.39 Å². The van der Waals surface area contributed by atoms with E-state index in [1.54, 1.807) is 6.92 Å². The van der Waals surface area contributed by atoms with Crippen LogP contribution in [0.25, 0.3) is 0 Å². The number of aliphatic hydroxyl groups excluding tert-OH is 1. The monoisotopic (exact) mass is 287 g/mol. The van der Waals surface area contributed by atoms with Crippen LogP contribution in [0, 0.1) is 12.7 Å². The summed E-state index contributed by atoms with van der Waals surface area (Å²) in [5.74, 6) is -0.631. The number of carbonyl (C=O) groups is 1. The third kappa shape index (κ3) is 3.89. The van der Waals surface area contributed by atoms with Crippen LogP contribution < -0.4 is 5.32 Å². The van der Waals surface area contributed by atoms with Crippen LogP contribution in [0.15, 0.2) is 48.5 Å². The van der Waals surface area contributed by atoms with Crippen molar-refractivity contribution in [1.29, 1.82) is 0 Å². The fraction of sp³-hybridized carbons (Fsp3) is 0.235. The van der Waals surface area contributed by atoms with Gasteiger partial charge in [-0.05, 0) is 42.7 Å². The average molecular weight is 287 g/mol. The second-order valence-corrected chi connectivity index (χ2v) is 4.91. The van der Waals surface area contributed by atoms with Crippen molar-refractivity contribution in [3.8, 4) is 0 Å². The van der Waals surface area contributed by atoms with Crippen LogP contribution in [0.5, 0.6) is 0 Å². The van der Waals surface area contributed by atoms with Gasteiger partial charge in [0.15, 0.2) is 0 Å². The predicted octanol–water partition coefficient (Wildman–Crippen LogP) is 2.99. The Morgan fingerprint density at radius 2 is 1.95 bits per heavy atom. The fourth-order valence-corrected chi connectivity index (χ4v) is 2.25. The van der Waals surface area contributed by atoms with Crippen LogP contribution in [0.1, 0.15) is 33.9 Å². The standard InChI is InChI=1S/C17H18FNO2/c1-12-11-14(18)7-8-15(12)17(21)19-16(9-10-20)13-5-3-2-4-6-13/h2-8,11,16,20H,9-10H2,1H3,(H,19,21). The summed E-state index contributed by atoms with van der Waals surface area (Å²) in [5.41, 5.74) is 1.96. The van der Waals surface area contributed by atoms with Crippen LogP contribution in [0.3, 0.4) is 0 Å². The van der Waals surface area contributed by atoms with Crippen molar-refractivity contribution in [2.45, 2.75) is 19.4 Å². The van der Waals surface area contributed by atoms with Gasteiger partial charge in [-0.3, -0.25) is 4.79 Å². The van der Waals surface area contributed by atoms with E-state index in [1.165, 1.54) is 18.2 Å². The molecule has 0 aromatic heterocycles. The molecule has 3 nitrogen and oxygen atoms in total. The van der Waals surface area contributed by atoms with Crippen LogP contribution in [-0.2, 0) is 0 Å². The van der Waals surface area contributed by atoms with Gasteiger partial charge in [0, 0.05) is 12.2 Å². The van der Waals surface area contributed by atoms with E-state index >= 15 is 0 Å². The number of rotatable bonds is 5. The average Bonchev–Trinajstić information content (AvgIpc) is 2.47. The van der Waals surface area contributed by atoms with Crippen molar-refractivity contribution in [1.82, 2.24) is 5.32 Å². The maximum absolute atomic E-state index is 13.1. The first-order valence-corrected chi connectivity index (χ1v) is 6.84. The van der Waals surface area contributed by atoms with E-state index in [0.29, 0.717) is 17.5 Å². The smallest absolute Gasteiger partial charge is 0.252 e. The molecule has 0 saturated carbocycles. The Morgan fingerprint density at radius 1 is 1.24 bits per heavy atom. The van der Waals surface area contributed by atoms with Crippen LogP contribution in [-0.4, -0.2) is 17.6 Å². The summed E-state index contributed by atoms with van der Waals surface area (Å²) in [6, 6.07) is 13.3. The highest BCUT2D eigenvalue weighted by Crippen LogP contribution is 2.18. The van der Waals surface area contributed by atoms with E-state index in [4.69, 9.17) is 0 Å². The molecular formula is C17H18FNO2. The molecule has 0 spiro atoms. The molecule has 21 heavy (non-hydrogen) atoms. The maximum Gasteiger partial charge on any atom is 0.252 e. The van der Waals surface area contributed by atoms with Gasteiger partial charge in [0.1, 0.15) is 5.82 Å². The lowest BCUT2D eigenvalue weighted by Gasteiger charge is -2.19. The minimum absolute atomic E-state index is 0.0256. The molecule has 0 radical (unpaired) electrons. The molecule has 2 aromatic rings. The lowest BCUT2D eigenvalue weighted by atomic mass is 10.0. The molecule has 1 amide bonds. The van der Waals surface area contributed by atoms with Crippen LogP contribution in [0.4, 0.5) is 4.39 Å². The Morgan fingerprint density at radius 3 is 2.57 bits per heavy atom. The Hall–Kier alpha value is -2.20. The first-order valence-electron chi connectivity index (χ1n) is 6.84. The highest BCUT2D eigenvalue weighted by atomic mass is 19.1. The third-order valence-electron chi connectivity index (χ3n) is 3.36. The van der Waals surface area contributed by atoms with Crippen LogP contribution in [0.2, 0.25) is 0 Å². The Labute approximate surface area is 123 Å². The molecule has 2 rings (SSSR count). The van der Waals surface area contributed by atoms with Gasteiger partial charge < -0.3 is 10.4 Å². The van der Waals surface area contributed by atoms with Crippen molar-refractivity contribution in [3.63, 3.8) is 0 Å². The second-order valence-electron chi connectivity index (χ2n) is 4.91. The highest BCUT2D eigenvalue weighted by molar-refractivity contribution is 5.95. The molecule has 2 aromatic carbocycles. The molecule has 2 N–H and O–H groups in total. The zero-order valence-electron chi connectivity index (χ0n) is 11.8. The number of aliphatic hydroxyl groups is 1. The summed E-state index contributed by atoms with van der Waals surface area (Å²) in [6.45, 7) is 1.67. The molecule has 0 fully saturated rings. The molecule has 0 bridgehead atoms. The number of amides is 1. The minimum atomic E-state index is -0.362. The van der Waals surface area contributed by atoms with Crippen molar-refractivity contribution in [2.24, 2.45) is 0 Å². The van der Waals surface area contributed by atoms with Gasteiger partial charge in [0.25, 0.3) is 5.91 Å². The fourth-order valence-electron chi connectivity index (χ4n) is 2.25. The lowest BCUT2D eigenvalue weighted by Crippen LogP contribution is -2.29. The maximum atomic E-state index is 13.1. The van der Waals surface area contributed by atoms with Crippen LogP contribution >= 0.6 is 0 Å². The summed E-state index contributed by atoms with van der Waals surface area (Å²) in [5, 5.41) is 12.1. The summed E-state index contributed by atoms with van der Waals surface area (Å²) < 4.78 is 13.1. The topological polar surface area (TPSA) is 49.3 Å². The largest absolute Gasteiger partial charge is 0.396 e. The molecule has 0 aliphatic carbocycles. The van der Waals surface area contributed by atoms with E-state index in [9.17, 15) is 14.3 Å². The second kappa shape index (κ2) is 6.99. The van der Waals surface area contributed by atoms with E-state index in [-0.39, 0.29) is 24.4 Å². The van der Waals surface area contributed by atoms with Crippen molar-refractivity contribution < 1.29 is 14.3 Å². The minimum Gasteiger partial charge on any atom is -0.396 e. The molecular weight excluding hydrogens is 269 g/mol. The summed E-state index contributed by atoms with van der Waals surface area (Å²) in [4.78, 5) is 12.3. The van der Waals surface area contributed by atoms with Crippen molar-refractivity contribution in [3.05, 3.63) is 71.0 Å². The van der Waals surface area contributed by atoms with Gasteiger partial charge in [0.2, 0.25) is 0 Å². The Bertz CT molecular complexity index is 613. The van der Waals surface area contributed by atoms with E-state index in [2.05, 4.69) is 5.32 Å². The highest BCUT2D eigenvalue weighted by Gasteiger charge is 2.16. The van der Waals surface area contributed by atoms with Gasteiger partial charge in [-0.1, -0.05) is 30.3 Å². The van der Waals surface area contributed by atoms with E-state index in [1.807, 2.05) is 30.3 Å². The Kier molecular flexibility index (Phi) is 5.06. The molecule has 4 heteroatoms. The quantitative estimate of drug-likeness (QED) is 0.888. The SMILES string of the molecule is Cc1cc(F)ccc1C(=O)NC(CCO)c1ccccc1. The molecule has 0 heterocycles. The number of nitrogens with one attached hydrogen (secondary N) is 1. The van der Waals surface area contributed by atoms with Gasteiger partial charge in [-0.2, -0.15) is 0 Å². The van der Waals surface area contributed by atoms with Gasteiger partial charge >= 0.3 is 0 Å². The first-order chi connectivity index (χ1) is 10.1. The Balaban J connectivity index is 2.18. The number of hydrogen-bond acceptors (Lipinski definition) is 2. The summed E-state index contributed by atoms with van der Waals surface area (Å²) >= 11 is 0. The predicted molar refractivity (Wildman–Crippen MR) is 79.5 cm³/mol. The normalized spacial score (nSPS) is 12.0. The van der Waals surface area contributed by atoms with E-state index in [0.717, 1.165) is 5.56 Å². The summed E-state index contributed by atoms with van der Waals surface area (Å²) in [7, 11) is 0.